The highest BCUT2D eigenvalue weighted by Gasteiger charge is 2.61. The SMILES string of the molecule is CCCCc1nnn([C@H]2C[C@H]3C(=O)N[C@@]4(C(=O)O)C[C@H]4/C=C\CCCCC[C@H](NC(=O)OC(C)(C)C)C(=O)N3C2)n1. The molecule has 5 atom stereocenters. The summed E-state index contributed by atoms with van der Waals surface area (Å²) in [6, 6.07) is -2.31. The molecule has 1 saturated heterocycles. The van der Waals surface area contributed by atoms with Crippen molar-refractivity contribution in [1.82, 2.24) is 35.7 Å². The first kappa shape index (κ1) is 30.4. The molecule has 0 bridgehead atoms. The van der Waals surface area contributed by atoms with Crippen LogP contribution in [0.1, 0.15) is 97.3 Å². The molecule has 2 aliphatic heterocycles. The Hall–Kier alpha value is -3.51. The van der Waals surface area contributed by atoms with Gasteiger partial charge in [-0.3, -0.25) is 9.59 Å². The molecule has 41 heavy (non-hydrogen) atoms. The van der Waals surface area contributed by atoms with Gasteiger partial charge >= 0.3 is 12.1 Å². The Morgan fingerprint density at radius 2 is 2.02 bits per heavy atom. The number of hydrogen-bond acceptors (Lipinski definition) is 8. The molecule has 1 aliphatic carbocycles. The first-order valence-electron chi connectivity index (χ1n) is 14.7. The zero-order chi connectivity index (χ0) is 29.8. The first-order chi connectivity index (χ1) is 19.4. The quantitative estimate of drug-likeness (QED) is 0.433. The van der Waals surface area contributed by atoms with Gasteiger partial charge in [-0.1, -0.05) is 38.3 Å². The van der Waals surface area contributed by atoms with E-state index >= 15 is 0 Å². The van der Waals surface area contributed by atoms with Gasteiger partial charge in [-0.05, 0) is 58.1 Å². The second kappa shape index (κ2) is 12.6. The molecule has 3 N–H and O–H groups in total. The van der Waals surface area contributed by atoms with Crippen LogP contribution in [-0.4, -0.2) is 83.9 Å². The van der Waals surface area contributed by atoms with E-state index in [0.717, 1.165) is 32.1 Å². The Bertz CT molecular complexity index is 1160. The van der Waals surface area contributed by atoms with E-state index in [4.69, 9.17) is 4.74 Å². The zero-order valence-electron chi connectivity index (χ0n) is 24.5. The van der Waals surface area contributed by atoms with E-state index in [2.05, 4.69) is 33.0 Å². The van der Waals surface area contributed by atoms with Gasteiger partial charge in [0.2, 0.25) is 11.8 Å². The van der Waals surface area contributed by atoms with Crippen LogP contribution in [0.25, 0.3) is 0 Å². The molecule has 1 aromatic rings. The molecule has 0 unspecified atom stereocenters. The zero-order valence-corrected chi connectivity index (χ0v) is 24.5. The van der Waals surface area contributed by atoms with Crippen LogP contribution in [-0.2, 0) is 25.5 Å². The van der Waals surface area contributed by atoms with Gasteiger partial charge in [0.25, 0.3) is 0 Å². The summed E-state index contributed by atoms with van der Waals surface area (Å²) in [5, 5.41) is 28.3. The summed E-state index contributed by atoms with van der Waals surface area (Å²) in [4.78, 5) is 55.5. The maximum atomic E-state index is 14.0. The summed E-state index contributed by atoms with van der Waals surface area (Å²) in [7, 11) is 0. The molecule has 3 heterocycles. The average Bonchev–Trinajstić information content (AvgIpc) is 3.22. The van der Waals surface area contributed by atoms with E-state index < -0.39 is 53.1 Å². The Labute approximate surface area is 240 Å². The number of tetrazole rings is 1. The minimum Gasteiger partial charge on any atom is -0.479 e. The highest BCUT2D eigenvalue weighted by Crippen LogP contribution is 2.45. The minimum atomic E-state index is -1.40. The molecule has 3 aliphatic rings. The largest absolute Gasteiger partial charge is 0.479 e. The number of aromatic nitrogens is 4. The fraction of sp³-hybridized carbons (Fsp3) is 0.750. The Morgan fingerprint density at radius 3 is 2.73 bits per heavy atom. The normalized spacial score (nSPS) is 29.8. The lowest BCUT2D eigenvalue weighted by atomic mass is 10.0. The van der Waals surface area contributed by atoms with Crippen LogP contribution >= 0.6 is 0 Å². The summed E-state index contributed by atoms with van der Waals surface area (Å²) in [5.41, 5.74) is -2.14. The number of amides is 3. The van der Waals surface area contributed by atoms with Crippen molar-refractivity contribution in [2.24, 2.45) is 5.92 Å². The molecule has 13 nitrogen and oxygen atoms in total. The smallest absolute Gasteiger partial charge is 0.408 e. The molecule has 0 radical (unpaired) electrons. The molecular formula is C28H43N7O6. The van der Waals surface area contributed by atoms with Crippen molar-refractivity contribution in [3.63, 3.8) is 0 Å². The number of carbonyl (C=O) groups is 4. The van der Waals surface area contributed by atoms with Crippen LogP contribution < -0.4 is 10.6 Å². The van der Waals surface area contributed by atoms with Crippen molar-refractivity contribution in [1.29, 1.82) is 0 Å². The number of fused-ring (bicyclic) bond motifs is 2. The Morgan fingerprint density at radius 1 is 1.24 bits per heavy atom. The lowest BCUT2D eigenvalue weighted by Gasteiger charge is -2.30. The van der Waals surface area contributed by atoms with Crippen molar-refractivity contribution >= 4 is 23.9 Å². The second-order valence-electron chi connectivity index (χ2n) is 12.4. The fourth-order valence-electron chi connectivity index (χ4n) is 5.54. The van der Waals surface area contributed by atoms with Crippen LogP contribution in [0.3, 0.4) is 0 Å². The number of carboxylic acids is 1. The molecule has 0 aromatic carbocycles. The number of unbranched alkanes of at least 4 members (excludes halogenated alkanes) is 1. The summed E-state index contributed by atoms with van der Waals surface area (Å²) >= 11 is 0. The van der Waals surface area contributed by atoms with Crippen molar-refractivity contribution in [3.8, 4) is 0 Å². The predicted molar refractivity (Wildman–Crippen MR) is 148 cm³/mol. The van der Waals surface area contributed by atoms with Gasteiger partial charge in [0.1, 0.15) is 23.2 Å². The summed E-state index contributed by atoms with van der Waals surface area (Å²) in [6.45, 7) is 7.42. The van der Waals surface area contributed by atoms with Gasteiger partial charge < -0.3 is 25.4 Å². The highest BCUT2D eigenvalue weighted by atomic mass is 16.6. The number of alkyl carbamates (subject to hydrolysis) is 1. The molecule has 4 rings (SSSR count). The molecule has 0 spiro atoms. The fourth-order valence-corrected chi connectivity index (χ4v) is 5.54. The first-order valence-corrected chi connectivity index (χ1v) is 14.7. The van der Waals surface area contributed by atoms with Crippen molar-refractivity contribution < 1.29 is 29.0 Å². The van der Waals surface area contributed by atoms with E-state index in [1.165, 1.54) is 9.70 Å². The van der Waals surface area contributed by atoms with Crippen LogP contribution in [0.15, 0.2) is 12.2 Å². The summed E-state index contributed by atoms with van der Waals surface area (Å²) in [6.07, 6.45) is 9.69. The molecule has 1 saturated carbocycles. The number of ether oxygens (including phenoxy) is 1. The topological polar surface area (TPSA) is 169 Å². The van der Waals surface area contributed by atoms with E-state index in [1.54, 1.807) is 20.8 Å². The summed E-state index contributed by atoms with van der Waals surface area (Å²) in [5.74, 6) is -1.78. The molecule has 1 aromatic heterocycles. The summed E-state index contributed by atoms with van der Waals surface area (Å²) < 4.78 is 5.42. The van der Waals surface area contributed by atoms with Gasteiger partial charge in [0.15, 0.2) is 5.82 Å². The number of aliphatic carboxylic acids is 1. The molecule has 226 valence electrons. The van der Waals surface area contributed by atoms with Crippen LogP contribution in [0.5, 0.6) is 0 Å². The van der Waals surface area contributed by atoms with E-state index in [1.807, 2.05) is 12.2 Å². The number of nitrogens with zero attached hydrogens (tertiary/aromatic N) is 5. The maximum absolute atomic E-state index is 14.0. The maximum Gasteiger partial charge on any atom is 0.408 e. The Balaban J connectivity index is 1.62. The number of rotatable bonds is 6. The number of aryl methyl sites for hydroxylation is 1. The van der Waals surface area contributed by atoms with E-state index in [-0.39, 0.29) is 18.9 Å². The van der Waals surface area contributed by atoms with E-state index in [9.17, 15) is 24.3 Å². The standard InChI is InChI=1S/C28H43N7O6/c1-5-6-14-22-31-33-35(32-22)19-15-21-23(36)30-28(25(38)39)16-18(28)12-10-8-7-9-11-13-20(24(37)34(21)17-19)29-26(40)41-27(2,3)4/h10,12,18-21H,5-9,11,13-17H2,1-4H3,(H,29,40)(H,30,36)(H,38,39)/b12-10-/t18-,19+,20+,21+,28+/m1/s1. The monoisotopic (exact) mass is 573 g/mol. The van der Waals surface area contributed by atoms with Crippen molar-refractivity contribution in [2.75, 3.05) is 6.54 Å². The second-order valence-corrected chi connectivity index (χ2v) is 12.4. The minimum absolute atomic E-state index is 0.121. The lowest BCUT2D eigenvalue weighted by Crippen LogP contribution is -2.56. The van der Waals surface area contributed by atoms with Crippen LogP contribution in [0.4, 0.5) is 4.79 Å². The van der Waals surface area contributed by atoms with Crippen molar-refractivity contribution in [3.05, 3.63) is 18.0 Å². The molecule has 13 heteroatoms. The molecular weight excluding hydrogens is 530 g/mol. The van der Waals surface area contributed by atoms with Crippen LogP contribution in [0, 0.1) is 5.92 Å². The third-order valence-corrected chi connectivity index (χ3v) is 7.88. The van der Waals surface area contributed by atoms with Crippen molar-refractivity contribution in [2.45, 2.75) is 121 Å². The van der Waals surface area contributed by atoms with Gasteiger partial charge in [-0.25, -0.2) is 9.59 Å². The predicted octanol–water partition coefficient (Wildman–Crippen LogP) is 2.53. The number of carbonyl (C=O) groups excluding carboxylic acids is 3. The molecule has 3 amide bonds. The van der Waals surface area contributed by atoms with Gasteiger partial charge in [-0.2, -0.15) is 4.80 Å². The Kier molecular flexibility index (Phi) is 9.33. The number of nitrogens with one attached hydrogen (secondary N) is 2. The van der Waals surface area contributed by atoms with Gasteiger partial charge in [0, 0.05) is 25.3 Å². The number of carboxylic acid groups (broad SMARTS) is 1. The number of hydrogen-bond donors (Lipinski definition) is 3. The van der Waals surface area contributed by atoms with Gasteiger partial charge in [0.05, 0.1) is 6.04 Å². The number of allylic oxidation sites excluding steroid dienone is 1. The third kappa shape index (κ3) is 7.42. The highest BCUT2D eigenvalue weighted by molar-refractivity contribution is 5.96. The van der Waals surface area contributed by atoms with Gasteiger partial charge in [-0.15, -0.1) is 10.2 Å². The lowest BCUT2D eigenvalue weighted by molar-refractivity contribution is -0.145. The van der Waals surface area contributed by atoms with Crippen LogP contribution in [0.2, 0.25) is 0 Å². The average molecular weight is 574 g/mol. The third-order valence-electron chi connectivity index (χ3n) is 7.88. The van der Waals surface area contributed by atoms with E-state index in [0.29, 0.717) is 31.5 Å². The molecule has 2 fully saturated rings.